The Bertz CT molecular complexity index is 1270. The third-order valence-electron chi connectivity index (χ3n) is 6.62. The van der Waals surface area contributed by atoms with Gasteiger partial charge in [-0.05, 0) is 61.1 Å². The van der Waals surface area contributed by atoms with Gasteiger partial charge in [0.05, 0.1) is 24.2 Å². The molecule has 1 aliphatic rings. The average Bonchev–Trinajstić information content (AvgIpc) is 2.96. The molecule has 2 aromatic rings. The predicted octanol–water partition coefficient (Wildman–Crippen LogP) is 2.38. The van der Waals surface area contributed by atoms with Gasteiger partial charge < -0.3 is 29.7 Å². The molecule has 3 rings (SSSR count). The summed E-state index contributed by atoms with van der Waals surface area (Å²) in [5, 5.41) is 41.0. The van der Waals surface area contributed by atoms with Crippen LogP contribution in [0.3, 0.4) is 0 Å². The first kappa shape index (κ1) is 30.4. The summed E-state index contributed by atoms with van der Waals surface area (Å²) in [6.07, 6.45) is 2.55. The molecule has 1 fully saturated rings. The summed E-state index contributed by atoms with van der Waals surface area (Å²) >= 11 is 0. The van der Waals surface area contributed by atoms with Gasteiger partial charge in [0.2, 0.25) is 0 Å². The lowest BCUT2D eigenvalue weighted by molar-refractivity contribution is -0.130. The minimum Gasteiger partial charge on any atom is -0.449 e. The molecule has 208 valence electrons. The summed E-state index contributed by atoms with van der Waals surface area (Å²) in [6, 6.07) is 18.1. The van der Waals surface area contributed by atoms with E-state index in [1.54, 1.807) is 23.1 Å². The van der Waals surface area contributed by atoms with Crippen molar-refractivity contribution >= 4 is 25.2 Å². The summed E-state index contributed by atoms with van der Waals surface area (Å²) in [7, 11) is -1.78. The Labute approximate surface area is 234 Å². The van der Waals surface area contributed by atoms with Crippen LogP contribution < -0.4 is 5.32 Å². The second-order valence-corrected chi connectivity index (χ2v) is 9.42. The van der Waals surface area contributed by atoms with Gasteiger partial charge in [-0.1, -0.05) is 36.4 Å². The average molecular weight is 544 g/mol. The molecule has 1 unspecified atom stereocenters. The molecule has 1 heterocycles. The summed E-state index contributed by atoms with van der Waals surface area (Å²) in [4.78, 5) is 27.2. The van der Waals surface area contributed by atoms with E-state index < -0.39 is 19.2 Å². The van der Waals surface area contributed by atoms with Gasteiger partial charge in [0.25, 0.3) is 5.91 Å². The standard InChI is InChI=1S/C29H33BN4O6/c1-2-34(26-9-11-39-12-10-26)28(35)25(20-32)17-23-14-22(15-24(16-23)19-31)8-13-40-29(36)33-27(30(37)38)18-21-6-4-3-5-7-21/h3-7,14-17,26-27,37-38H,2,8-13,18H2,1H3,(H,33,36). The van der Waals surface area contributed by atoms with E-state index in [1.807, 2.05) is 43.3 Å². The van der Waals surface area contributed by atoms with Crippen molar-refractivity contribution in [2.45, 2.75) is 44.6 Å². The zero-order valence-electron chi connectivity index (χ0n) is 22.5. The van der Waals surface area contributed by atoms with Crippen LogP contribution >= 0.6 is 0 Å². The quantitative estimate of drug-likeness (QED) is 0.221. The molecule has 0 bridgehead atoms. The van der Waals surface area contributed by atoms with Gasteiger partial charge >= 0.3 is 13.2 Å². The topological polar surface area (TPSA) is 156 Å². The van der Waals surface area contributed by atoms with Crippen LogP contribution in [0.5, 0.6) is 0 Å². The van der Waals surface area contributed by atoms with E-state index in [1.165, 1.54) is 6.08 Å². The van der Waals surface area contributed by atoms with E-state index in [9.17, 15) is 30.2 Å². The lowest BCUT2D eigenvalue weighted by Crippen LogP contribution is -2.48. The van der Waals surface area contributed by atoms with Crippen molar-refractivity contribution in [1.29, 1.82) is 10.5 Å². The van der Waals surface area contributed by atoms with Crippen molar-refractivity contribution in [3.63, 3.8) is 0 Å². The number of carbonyl (C=O) groups excluding carboxylic acids is 2. The number of alkyl carbamates (subject to hydrolysis) is 1. The number of nitriles is 2. The van der Waals surface area contributed by atoms with Gasteiger partial charge in [0, 0.05) is 32.2 Å². The van der Waals surface area contributed by atoms with Crippen LogP contribution in [0, 0.1) is 22.7 Å². The normalized spacial score (nSPS) is 14.4. The molecule has 2 aromatic carbocycles. The minimum absolute atomic E-state index is 0.00605. The molecule has 1 saturated heterocycles. The Kier molecular flexibility index (Phi) is 11.7. The number of nitrogens with zero attached hydrogens (tertiary/aromatic N) is 3. The highest BCUT2D eigenvalue weighted by Gasteiger charge is 2.27. The molecule has 10 nitrogen and oxygen atoms in total. The van der Waals surface area contributed by atoms with Gasteiger partial charge in [-0.15, -0.1) is 0 Å². The summed E-state index contributed by atoms with van der Waals surface area (Å²) in [5.74, 6) is -1.32. The largest absolute Gasteiger partial charge is 0.475 e. The van der Waals surface area contributed by atoms with Crippen LogP contribution in [0.1, 0.15) is 42.0 Å². The first-order valence-corrected chi connectivity index (χ1v) is 13.2. The monoisotopic (exact) mass is 544 g/mol. The number of likely N-dealkylation sites (N-methyl/N-ethyl adjacent to an activating group) is 1. The third-order valence-corrected chi connectivity index (χ3v) is 6.62. The summed E-state index contributed by atoms with van der Waals surface area (Å²) < 4.78 is 10.6. The molecule has 0 saturated carbocycles. The van der Waals surface area contributed by atoms with E-state index in [0.717, 1.165) is 5.56 Å². The highest BCUT2D eigenvalue weighted by molar-refractivity contribution is 6.43. The van der Waals surface area contributed by atoms with E-state index >= 15 is 0 Å². The Morgan fingerprint density at radius 3 is 2.52 bits per heavy atom. The zero-order chi connectivity index (χ0) is 28.9. The van der Waals surface area contributed by atoms with Crippen molar-refractivity contribution in [3.8, 4) is 12.1 Å². The second kappa shape index (κ2) is 15.4. The molecule has 0 radical (unpaired) electrons. The minimum atomic E-state index is -1.78. The fourth-order valence-corrected chi connectivity index (χ4v) is 4.59. The SMILES string of the molecule is CCN(C(=O)C(C#N)=Cc1cc(C#N)cc(CCOC(=O)NC(Cc2ccccc2)B(O)O)c1)C1CCOCC1. The van der Waals surface area contributed by atoms with E-state index in [-0.39, 0.29) is 37.0 Å². The highest BCUT2D eigenvalue weighted by Crippen LogP contribution is 2.19. The fraction of sp³-hybridized carbons (Fsp3) is 0.379. The molecule has 1 atom stereocenters. The lowest BCUT2D eigenvalue weighted by Gasteiger charge is -2.33. The van der Waals surface area contributed by atoms with Crippen molar-refractivity contribution in [2.24, 2.45) is 0 Å². The molecule has 2 amide bonds. The molecular formula is C29H33BN4O6. The first-order chi connectivity index (χ1) is 19.3. The molecule has 40 heavy (non-hydrogen) atoms. The number of hydrogen-bond donors (Lipinski definition) is 3. The molecular weight excluding hydrogens is 511 g/mol. The van der Waals surface area contributed by atoms with E-state index in [2.05, 4.69) is 11.4 Å². The number of amides is 2. The smallest absolute Gasteiger partial charge is 0.449 e. The van der Waals surface area contributed by atoms with Crippen molar-refractivity contribution in [3.05, 3.63) is 76.4 Å². The Morgan fingerprint density at radius 2 is 1.90 bits per heavy atom. The van der Waals surface area contributed by atoms with Gasteiger partial charge in [0.15, 0.2) is 0 Å². The molecule has 0 aromatic heterocycles. The lowest BCUT2D eigenvalue weighted by atomic mass is 9.76. The molecule has 0 spiro atoms. The molecule has 11 heteroatoms. The van der Waals surface area contributed by atoms with Crippen LogP contribution in [0.4, 0.5) is 4.79 Å². The van der Waals surface area contributed by atoms with Gasteiger partial charge in [-0.2, -0.15) is 10.5 Å². The van der Waals surface area contributed by atoms with Crippen LogP contribution in [-0.2, 0) is 27.1 Å². The predicted molar refractivity (Wildman–Crippen MR) is 148 cm³/mol. The first-order valence-electron chi connectivity index (χ1n) is 13.2. The number of carbonyl (C=O) groups is 2. The fourth-order valence-electron chi connectivity index (χ4n) is 4.59. The Balaban J connectivity index is 1.65. The maximum Gasteiger partial charge on any atom is 0.475 e. The summed E-state index contributed by atoms with van der Waals surface area (Å²) in [5.41, 5.74) is 2.30. The van der Waals surface area contributed by atoms with E-state index in [0.29, 0.717) is 49.3 Å². The Morgan fingerprint density at radius 1 is 1.18 bits per heavy atom. The number of nitrogens with one attached hydrogen (secondary N) is 1. The number of rotatable bonds is 11. The van der Waals surface area contributed by atoms with Crippen LogP contribution in [-0.4, -0.2) is 72.4 Å². The number of hydrogen-bond acceptors (Lipinski definition) is 8. The van der Waals surface area contributed by atoms with Crippen LogP contribution in [0.2, 0.25) is 0 Å². The van der Waals surface area contributed by atoms with Crippen molar-refractivity contribution in [2.75, 3.05) is 26.4 Å². The van der Waals surface area contributed by atoms with Gasteiger partial charge in [-0.25, -0.2) is 4.79 Å². The Hall–Kier alpha value is -4.16. The number of ether oxygens (including phenoxy) is 2. The maximum atomic E-state index is 13.2. The highest BCUT2D eigenvalue weighted by atomic mass is 16.5. The van der Waals surface area contributed by atoms with E-state index in [4.69, 9.17) is 9.47 Å². The molecule has 3 N–H and O–H groups in total. The maximum absolute atomic E-state index is 13.2. The van der Waals surface area contributed by atoms with Gasteiger partial charge in [-0.3, -0.25) is 4.79 Å². The molecule has 0 aliphatic carbocycles. The van der Waals surface area contributed by atoms with Crippen molar-refractivity contribution in [1.82, 2.24) is 10.2 Å². The van der Waals surface area contributed by atoms with Crippen LogP contribution in [0.15, 0.2) is 54.1 Å². The third kappa shape index (κ3) is 8.96. The second-order valence-electron chi connectivity index (χ2n) is 9.42. The molecule has 1 aliphatic heterocycles. The zero-order valence-corrected chi connectivity index (χ0v) is 22.5. The van der Waals surface area contributed by atoms with Crippen molar-refractivity contribution < 1.29 is 29.1 Å². The van der Waals surface area contributed by atoms with Crippen LogP contribution in [0.25, 0.3) is 6.08 Å². The summed E-state index contributed by atoms with van der Waals surface area (Å²) in [6.45, 7) is 3.44. The number of benzene rings is 2. The van der Waals surface area contributed by atoms with Gasteiger partial charge in [0.1, 0.15) is 11.6 Å².